The third kappa shape index (κ3) is 7.38. The molecule has 1 aromatic heterocycles. The average Bonchev–Trinajstić information content (AvgIpc) is 2.01. The van der Waals surface area contributed by atoms with E-state index in [1.807, 2.05) is 0 Å². The van der Waals surface area contributed by atoms with Gasteiger partial charge in [0.2, 0.25) is 0 Å². The number of para-hydroxylation sites is 4. The molecule has 3 heterocycles. The van der Waals surface area contributed by atoms with Gasteiger partial charge >= 0.3 is 0 Å². The molecule has 0 bridgehead atoms. The van der Waals surface area contributed by atoms with Crippen molar-refractivity contribution in [2.75, 3.05) is 9.80 Å². The Hall–Kier alpha value is -10.2. The number of fused-ring (bicyclic) bond motifs is 9. The van der Waals surface area contributed by atoms with Gasteiger partial charge in [-0.3, -0.25) is 0 Å². The maximum absolute atomic E-state index is 2.63. The highest BCUT2D eigenvalue weighted by Crippen LogP contribution is 2.52. The molecule has 82 heavy (non-hydrogen) atoms. The van der Waals surface area contributed by atoms with Crippen LogP contribution in [-0.2, 0) is 5.41 Å². The zero-order chi connectivity index (χ0) is 54.6. The molecule has 16 rings (SSSR count). The molecule has 0 atom stereocenters. The second-order valence-corrected chi connectivity index (χ2v) is 23.1. The van der Waals surface area contributed by atoms with E-state index < -0.39 is 0 Å². The second kappa shape index (κ2) is 18.7. The van der Waals surface area contributed by atoms with E-state index in [0.29, 0.717) is 0 Å². The van der Waals surface area contributed by atoms with Crippen molar-refractivity contribution in [3.8, 4) is 50.2 Å². The molecule has 0 fully saturated rings. The monoisotopic (exact) mass is 1050 g/mol. The van der Waals surface area contributed by atoms with E-state index in [4.69, 9.17) is 0 Å². The Morgan fingerprint density at radius 2 is 0.683 bits per heavy atom. The summed E-state index contributed by atoms with van der Waals surface area (Å²) in [4.78, 5) is 5.25. The standard InChI is InChI=1S/C78H56BN3/c1-78(2,3)55-48-73-77-74(49-55)82(68-40-22-18-32-58(68)52-27-9-5-10-28-52)72-50-56(80-69-41-23-19-33-59(69)60-34-20-24-42-70(60)80)44-46-66(72)79(77)65-45-43-54(47-71(65)81(73)67-39-21-17-31-57(67)51-25-7-4-8-26-51)76-63-37-15-13-35-61(63)75(53-29-11-6-12-30-53)62-36-14-16-38-64(62)76/h4-50H,1-3H3. The van der Waals surface area contributed by atoms with Crippen LogP contribution >= 0.6 is 0 Å². The number of anilines is 6. The van der Waals surface area contributed by atoms with Gasteiger partial charge in [-0.15, -0.1) is 0 Å². The lowest BCUT2D eigenvalue weighted by Gasteiger charge is -2.46. The van der Waals surface area contributed by atoms with E-state index >= 15 is 0 Å². The molecule has 2 aliphatic heterocycles. The molecular weight excluding hydrogens is 990 g/mol. The summed E-state index contributed by atoms with van der Waals surface area (Å²) in [7, 11) is 0. The number of hydrogen-bond acceptors (Lipinski definition) is 2. The molecule has 2 aliphatic rings. The summed E-state index contributed by atoms with van der Waals surface area (Å²) in [5, 5.41) is 7.45. The molecule has 0 aliphatic carbocycles. The van der Waals surface area contributed by atoms with E-state index in [1.165, 1.54) is 133 Å². The Kier molecular flexibility index (Phi) is 10.9. The molecule has 0 unspecified atom stereocenters. The Labute approximate surface area is 479 Å². The maximum atomic E-state index is 2.63. The van der Waals surface area contributed by atoms with E-state index in [0.717, 1.165) is 17.1 Å². The van der Waals surface area contributed by atoms with Crippen molar-refractivity contribution < 1.29 is 0 Å². The van der Waals surface area contributed by atoms with Gasteiger partial charge in [0.15, 0.2) is 0 Å². The SMILES string of the molecule is CC(C)(C)c1cc2c3c(c1)N(c1ccccc1-c1ccccc1)c1cc(-n4c5ccccc5c5ccccc54)ccc1B3c1ccc(-c3c4ccccc4c(-c4ccccc4)c4ccccc34)cc1N2c1ccccc1-c1ccccc1. The quantitative estimate of drug-likeness (QED) is 0.116. The van der Waals surface area contributed by atoms with E-state index in [1.54, 1.807) is 0 Å². The summed E-state index contributed by atoms with van der Waals surface area (Å²) in [6, 6.07) is 106. The van der Waals surface area contributed by atoms with Crippen LogP contribution in [0.4, 0.5) is 34.1 Å². The van der Waals surface area contributed by atoms with Crippen LogP contribution in [0.3, 0.4) is 0 Å². The first-order chi connectivity index (χ1) is 40.4. The zero-order valence-corrected chi connectivity index (χ0v) is 46.1. The van der Waals surface area contributed by atoms with Crippen LogP contribution in [0, 0.1) is 0 Å². The highest BCUT2D eigenvalue weighted by atomic mass is 15.2. The molecule has 0 radical (unpaired) electrons. The Morgan fingerprint density at radius 3 is 1.17 bits per heavy atom. The van der Waals surface area contributed by atoms with Crippen LogP contribution in [0.25, 0.3) is 93.5 Å². The fourth-order valence-electron chi connectivity index (χ4n) is 13.8. The van der Waals surface area contributed by atoms with Crippen molar-refractivity contribution in [1.29, 1.82) is 0 Å². The minimum atomic E-state index is -0.220. The van der Waals surface area contributed by atoms with E-state index in [2.05, 4.69) is 320 Å². The molecule has 14 aromatic rings. The first kappa shape index (κ1) is 47.8. The highest BCUT2D eigenvalue weighted by molar-refractivity contribution is 7.00. The predicted molar refractivity (Wildman–Crippen MR) is 350 cm³/mol. The molecule has 0 saturated heterocycles. The normalized spacial score (nSPS) is 12.7. The average molecular weight is 1050 g/mol. The number of nitrogens with zero attached hydrogens (tertiary/aromatic N) is 3. The van der Waals surface area contributed by atoms with Crippen molar-refractivity contribution in [2.45, 2.75) is 26.2 Å². The Morgan fingerprint density at radius 1 is 0.293 bits per heavy atom. The van der Waals surface area contributed by atoms with Gasteiger partial charge in [-0.2, -0.15) is 0 Å². The van der Waals surface area contributed by atoms with Gasteiger partial charge in [-0.05, 0) is 137 Å². The van der Waals surface area contributed by atoms with Gasteiger partial charge in [0.25, 0.3) is 6.71 Å². The van der Waals surface area contributed by atoms with Crippen molar-refractivity contribution in [3.63, 3.8) is 0 Å². The molecule has 0 saturated carbocycles. The van der Waals surface area contributed by atoms with E-state index in [9.17, 15) is 0 Å². The smallest absolute Gasteiger partial charge is 0.252 e. The lowest BCUT2D eigenvalue weighted by atomic mass is 9.33. The molecule has 386 valence electrons. The Balaban J connectivity index is 1.03. The molecule has 3 nitrogen and oxygen atoms in total. The zero-order valence-electron chi connectivity index (χ0n) is 46.1. The highest BCUT2D eigenvalue weighted by Gasteiger charge is 2.45. The number of hydrogen-bond donors (Lipinski definition) is 0. The summed E-state index contributed by atoms with van der Waals surface area (Å²) in [6.07, 6.45) is 0. The van der Waals surface area contributed by atoms with Gasteiger partial charge in [-0.25, -0.2) is 0 Å². The van der Waals surface area contributed by atoms with Gasteiger partial charge in [0, 0.05) is 50.3 Å². The first-order valence-electron chi connectivity index (χ1n) is 28.7. The largest absolute Gasteiger partial charge is 0.311 e. The predicted octanol–water partition coefficient (Wildman–Crippen LogP) is 19.1. The summed E-state index contributed by atoms with van der Waals surface area (Å²) in [5.74, 6) is 0. The first-order valence-corrected chi connectivity index (χ1v) is 28.7. The van der Waals surface area contributed by atoms with Gasteiger partial charge in [0.1, 0.15) is 0 Å². The van der Waals surface area contributed by atoms with Crippen molar-refractivity contribution in [2.24, 2.45) is 0 Å². The summed E-state index contributed by atoms with van der Waals surface area (Å²) in [5.41, 5.74) is 24.9. The summed E-state index contributed by atoms with van der Waals surface area (Å²) >= 11 is 0. The van der Waals surface area contributed by atoms with Crippen LogP contribution < -0.4 is 26.2 Å². The molecule has 0 amide bonds. The minimum Gasteiger partial charge on any atom is -0.311 e. The molecule has 0 N–H and O–H groups in total. The van der Waals surface area contributed by atoms with Crippen LogP contribution in [-0.4, -0.2) is 11.3 Å². The van der Waals surface area contributed by atoms with Crippen LogP contribution in [0.1, 0.15) is 26.3 Å². The van der Waals surface area contributed by atoms with Gasteiger partial charge in [0.05, 0.1) is 22.4 Å². The topological polar surface area (TPSA) is 11.4 Å². The Bertz CT molecular complexity index is 4750. The summed E-state index contributed by atoms with van der Waals surface area (Å²) in [6.45, 7) is 6.97. The fraction of sp³-hybridized carbons (Fsp3) is 0.0513. The molecule has 0 spiro atoms. The van der Waals surface area contributed by atoms with Gasteiger partial charge < -0.3 is 14.4 Å². The molecule has 4 heteroatoms. The van der Waals surface area contributed by atoms with Crippen LogP contribution in [0.5, 0.6) is 0 Å². The maximum Gasteiger partial charge on any atom is 0.252 e. The fourth-order valence-corrected chi connectivity index (χ4v) is 13.8. The summed E-state index contributed by atoms with van der Waals surface area (Å²) < 4.78 is 2.47. The second-order valence-electron chi connectivity index (χ2n) is 23.1. The lowest BCUT2D eigenvalue weighted by Crippen LogP contribution is -2.61. The third-order valence-electron chi connectivity index (χ3n) is 17.5. The number of benzene rings is 13. The van der Waals surface area contributed by atoms with Crippen molar-refractivity contribution >= 4 is 101 Å². The van der Waals surface area contributed by atoms with Crippen LogP contribution in [0.2, 0.25) is 0 Å². The molecule has 13 aromatic carbocycles. The van der Waals surface area contributed by atoms with Crippen molar-refractivity contribution in [1.82, 2.24) is 4.57 Å². The number of aromatic nitrogens is 1. The third-order valence-corrected chi connectivity index (χ3v) is 17.5. The van der Waals surface area contributed by atoms with Gasteiger partial charge in [-0.1, -0.05) is 251 Å². The van der Waals surface area contributed by atoms with E-state index in [-0.39, 0.29) is 12.1 Å². The van der Waals surface area contributed by atoms with Crippen molar-refractivity contribution in [3.05, 3.63) is 291 Å². The van der Waals surface area contributed by atoms with Crippen LogP contribution in [0.15, 0.2) is 285 Å². The number of rotatable bonds is 7. The lowest BCUT2D eigenvalue weighted by molar-refractivity contribution is 0.590. The minimum absolute atomic E-state index is 0.125. The molecular formula is C78H56BN3.